The first-order chi connectivity index (χ1) is 12.4. The van der Waals surface area contributed by atoms with Crippen LogP contribution in [0.15, 0.2) is 36.9 Å². The average Bonchev–Trinajstić information content (AvgIpc) is 3.43. The number of benzene rings is 1. The molecule has 1 aliphatic carbocycles. The van der Waals surface area contributed by atoms with Gasteiger partial charge in [0, 0.05) is 19.5 Å². The number of carboxylic acid groups (broad SMARTS) is 1. The molecule has 2 aliphatic rings. The van der Waals surface area contributed by atoms with E-state index in [-0.39, 0.29) is 24.8 Å². The lowest BCUT2D eigenvalue weighted by Gasteiger charge is -2.43. The number of amides is 2. The Morgan fingerprint density at radius 1 is 1.31 bits per heavy atom. The Hall–Kier alpha value is -2.83. The van der Waals surface area contributed by atoms with Crippen LogP contribution in [0.1, 0.15) is 18.4 Å². The van der Waals surface area contributed by atoms with E-state index in [1.54, 1.807) is 31.4 Å². The van der Waals surface area contributed by atoms with Crippen molar-refractivity contribution in [3.05, 3.63) is 42.5 Å². The summed E-state index contributed by atoms with van der Waals surface area (Å²) in [5.74, 6) is -0.920. The van der Waals surface area contributed by atoms with Crippen LogP contribution in [0.3, 0.4) is 0 Å². The highest BCUT2D eigenvalue weighted by atomic mass is 16.5. The van der Waals surface area contributed by atoms with E-state index in [4.69, 9.17) is 4.74 Å². The Labute approximate surface area is 151 Å². The molecular formula is C19H22N2O5. The van der Waals surface area contributed by atoms with Gasteiger partial charge in [-0.1, -0.05) is 18.7 Å². The molecule has 26 heavy (non-hydrogen) atoms. The van der Waals surface area contributed by atoms with Crippen molar-refractivity contribution in [2.75, 3.05) is 20.2 Å². The highest BCUT2D eigenvalue weighted by molar-refractivity contribution is 5.99. The van der Waals surface area contributed by atoms with Gasteiger partial charge in [-0.15, -0.1) is 0 Å². The summed E-state index contributed by atoms with van der Waals surface area (Å²) in [5.41, 5.74) is -0.0719. The number of methoxy groups -OCH3 is 1. The summed E-state index contributed by atoms with van der Waals surface area (Å²) in [5, 5.41) is 9.70. The maximum atomic E-state index is 13.0. The lowest BCUT2D eigenvalue weighted by molar-refractivity contribution is -0.160. The highest BCUT2D eigenvalue weighted by Crippen LogP contribution is 2.46. The van der Waals surface area contributed by atoms with Gasteiger partial charge in [-0.3, -0.25) is 9.59 Å². The lowest BCUT2D eigenvalue weighted by Crippen LogP contribution is -2.64. The second-order valence-corrected chi connectivity index (χ2v) is 6.63. The number of carbonyl (C=O) groups excluding carboxylic acids is 2. The summed E-state index contributed by atoms with van der Waals surface area (Å²) in [6.07, 6.45) is 2.54. The summed E-state index contributed by atoms with van der Waals surface area (Å²) < 4.78 is 5.11. The van der Waals surface area contributed by atoms with Crippen LogP contribution in [0.5, 0.6) is 5.75 Å². The Morgan fingerprint density at radius 2 is 1.96 bits per heavy atom. The molecule has 1 N–H and O–H groups in total. The van der Waals surface area contributed by atoms with Gasteiger partial charge in [0.25, 0.3) is 0 Å². The number of carbonyl (C=O) groups is 3. The SMILES string of the molecule is C=CC(=O)N1CCN([C@@H](Cc2ccc(OC)cc2)C(=O)O)C(=O)C12CC2. The quantitative estimate of drug-likeness (QED) is 0.769. The van der Waals surface area contributed by atoms with Crippen LogP contribution in [0.25, 0.3) is 0 Å². The maximum Gasteiger partial charge on any atom is 0.326 e. The molecule has 1 saturated heterocycles. The van der Waals surface area contributed by atoms with Crippen molar-refractivity contribution in [3.63, 3.8) is 0 Å². The van der Waals surface area contributed by atoms with Gasteiger partial charge in [0.15, 0.2) is 0 Å². The summed E-state index contributed by atoms with van der Waals surface area (Å²) in [6, 6.07) is 6.15. The van der Waals surface area contributed by atoms with E-state index in [2.05, 4.69) is 6.58 Å². The predicted octanol–water partition coefficient (Wildman–Crippen LogP) is 1.08. The van der Waals surface area contributed by atoms with Crippen molar-refractivity contribution in [3.8, 4) is 5.75 Å². The number of piperazine rings is 1. The van der Waals surface area contributed by atoms with Crippen molar-refractivity contribution in [1.82, 2.24) is 9.80 Å². The van der Waals surface area contributed by atoms with Crippen molar-refractivity contribution >= 4 is 17.8 Å². The van der Waals surface area contributed by atoms with Crippen LogP contribution in [-0.4, -0.2) is 64.5 Å². The molecule has 1 spiro atoms. The van der Waals surface area contributed by atoms with E-state index in [1.807, 2.05) is 0 Å². The average molecular weight is 358 g/mol. The first-order valence-electron chi connectivity index (χ1n) is 8.54. The second-order valence-electron chi connectivity index (χ2n) is 6.63. The number of hydrogen-bond acceptors (Lipinski definition) is 4. The van der Waals surface area contributed by atoms with E-state index >= 15 is 0 Å². The first kappa shape index (κ1) is 18.0. The summed E-state index contributed by atoms with van der Waals surface area (Å²) >= 11 is 0. The van der Waals surface area contributed by atoms with E-state index in [0.717, 1.165) is 5.56 Å². The third-order valence-corrected chi connectivity index (χ3v) is 5.15. The summed E-state index contributed by atoms with van der Waals surface area (Å²) in [4.78, 5) is 39.8. The smallest absolute Gasteiger partial charge is 0.326 e. The van der Waals surface area contributed by atoms with E-state index in [0.29, 0.717) is 25.1 Å². The van der Waals surface area contributed by atoms with Crippen LogP contribution >= 0.6 is 0 Å². The van der Waals surface area contributed by atoms with E-state index in [1.165, 1.54) is 15.9 Å². The molecule has 2 fully saturated rings. The molecule has 1 atom stereocenters. The zero-order valence-electron chi connectivity index (χ0n) is 14.7. The third kappa shape index (κ3) is 3.05. The van der Waals surface area contributed by atoms with Crippen LogP contribution in [0.4, 0.5) is 0 Å². The second kappa shape index (κ2) is 6.82. The first-order valence-corrected chi connectivity index (χ1v) is 8.54. The number of nitrogens with zero attached hydrogens (tertiary/aromatic N) is 2. The highest BCUT2D eigenvalue weighted by Gasteiger charge is 2.60. The van der Waals surface area contributed by atoms with E-state index < -0.39 is 17.6 Å². The monoisotopic (exact) mass is 358 g/mol. The molecule has 1 aromatic carbocycles. The van der Waals surface area contributed by atoms with Gasteiger partial charge >= 0.3 is 5.97 Å². The van der Waals surface area contributed by atoms with Gasteiger partial charge < -0.3 is 19.6 Å². The van der Waals surface area contributed by atoms with Crippen LogP contribution in [0.2, 0.25) is 0 Å². The fraction of sp³-hybridized carbons (Fsp3) is 0.421. The minimum Gasteiger partial charge on any atom is -0.497 e. The van der Waals surface area contributed by atoms with Gasteiger partial charge in [-0.05, 0) is 36.6 Å². The predicted molar refractivity (Wildman–Crippen MR) is 93.7 cm³/mol. The molecule has 0 unspecified atom stereocenters. The molecule has 138 valence electrons. The molecule has 7 nitrogen and oxygen atoms in total. The van der Waals surface area contributed by atoms with Crippen molar-refractivity contribution < 1.29 is 24.2 Å². The van der Waals surface area contributed by atoms with Crippen molar-refractivity contribution in [2.45, 2.75) is 30.8 Å². The Morgan fingerprint density at radius 3 is 2.46 bits per heavy atom. The van der Waals surface area contributed by atoms with Crippen molar-refractivity contribution in [1.29, 1.82) is 0 Å². The van der Waals surface area contributed by atoms with Gasteiger partial charge in [-0.2, -0.15) is 0 Å². The number of aliphatic carboxylic acids is 1. The van der Waals surface area contributed by atoms with Crippen LogP contribution < -0.4 is 4.74 Å². The molecule has 2 amide bonds. The lowest BCUT2D eigenvalue weighted by atomic mass is 10.0. The zero-order chi connectivity index (χ0) is 18.9. The molecule has 0 bridgehead atoms. The summed E-state index contributed by atoms with van der Waals surface area (Å²) in [7, 11) is 1.56. The number of ether oxygens (including phenoxy) is 1. The Bertz CT molecular complexity index is 739. The molecule has 1 aromatic rings. The molecule has 1 heterocycles. The van der Waals surface area contributed by atoms with Gasteiger partial charge in [0.1, 0.15) is 17.3 Å². The molecule has 3 rings (SSSR count). The minimum absolute atomic E-state index is 0.202. The van der Waals surface area contributed by atoms with Gasteiger partial charge in [0.2, 0.25) is 11.8 Å². The number of carboxylic acids is 1. The fourth-order valence-electron chi connectivity index (χ4n) is 3.55. The van der Waals surface area contributed by atoms with Crippen LogP contribution in [0, 0.1) is 0 Å². The maximum absolute atomic E-state index is 13.0. The Kier molecular flexibility index (Phi) is 4.71. The normalized spacial score (nSPS) is 19.2. The molecular weight excluding hydrogens is 336 g/mol. The van der Waals surface area contributed by atoms with E-state index in [9.17, 15) is 19.5 Å². The van der Waals surface area contributed by atoms with Crippen molar-refractivity contribution in [2.24, 2.45) is 0 Å². The van der Waals surface area contributed by atoms with Gasteiger partial charge in [-0.25, -0.2) is 4.79 Å². The topological polar surface area (TPSA) is 87.2 Å². The molecule has 1 aliphatic heterocycles. The van der Waals surface area contributed by atoms with Gasteiger partial charge in [0.05, 0.1) is 7.11 Å². The largest absolute Gasteiger partial charge is 0.497 e. The molecule has 1 saturated carbocycles. The number of rotatable bonds is 6. The summed E-state index contributed by atoms with van der Waals surface area (Å²) in [6.45, 7) is 4.01. The minimum atomic E-state index is -1.05. The van der Waals surface area contributed by atoms with Crippen LogP contribution in [-0.2, 0) is 20.8 Å². The number of hydrogen-bond donors (Lipinski definition) is 1. The molecule has 7 heteroatoms. The third-order valence-electron chi connectivity index (χ3n) is 5.15. The molecule has 0 aromatic heterocycles. The zero-order valence-corrected chi connectivity index (χ0v) is 14.7. The standard InChI is InChI=1S/C19H22N2O5/c1-3-16(22)21-11-10-20(18(25)19(21)8-9-19)15(17(23)24)12-13-4-6-14(26-2)7-5-13/h3-7,15H,1,8-12H2,2H3,(H,23,24)/t15-/m0/s1. The fourth-order valence-corrected chi connectivity index (χ4v) is 3.55. The Balaban J connectivity index is 1.80. The molecule has 0 radical (unpaired) electrons.